The van der Waals surface area contributed by atoms with Gasteiger partial charge in [-0.05, 0) is 34.7 Å². The first kappa shape index (κ1) is 7.76. The van der Waals surface area contributed by atoms with E-state index in [-0.39, 0.29) is 0 Å². The van der Waals surface area contributed by atoms with E-state index in [4.69, 9.17) is 16.9 Å². The Morgan fingerprint density at radius 1 is 1.60 bits per heavy atom. The zero-order chi connectivity index (χ0) is 7.56. The van der Waals surface area contributed by atoms with Crippen LogP contribution >= 0.6 is 34.2 Å². The lowest BCUT2D eigenvalue weighted by molar-refractivity contribution is 1.25. The second-order valence-corrected chi connectivity index (χ2v) is 3.10. The molecule has 1 aromatic heterocycles. The molecule has 0 fully saturated rings. The van der Waals surface area contributed by atoms with Gasteiger partial charge in [0, 0.05) is 0 Å². The lowest BCUT2D eigenvalue weighted by Crippen LogP contribution is -1.84. The molecule has 4 heteroatoms. The minimum Gasteiger partial charge on any atom is -0.224 e. The van der Waals surface area contributed by atoms with E-state index in [9.17, 15) is 0 Å². The third-order valence-electron chi connectivity index (χ3n) is 0.918. The summed E-state index contributed by atoms with van der Waals surface area (Å²) in [6.07, 6.45) is 0. The summed E-state index contributed by atoms with van der Waals surface area (Å²) in [5.41, 5.74) is 0.352. The van der Waals surface area contributed by atoms with Crippen LogP contribution in [-0.2, 0) is 0 Å². The zero-order valence-electron chi connectivity index (χ0n) is 4.81. The molecule has 0 aliphatic rings. The summed E-state index contributed by atoms with van der Waals surface area (Å²) in [5, 5.41) is 8.77. The summed E-state index contributed by atoms with van der Waals surface area (Å²) < 4.78 is 0.860. The molecule has 0 N–H and O–H groups in total. The van der Waals surface area contributed by atoms with Gasteiger partial charge in [0.25, 0.3) is 0 Å². The SMILES string of the molecule is N#Cc1ccc(I)c(Cl)n1. The molecule has 0 bridgehead atoms. The van der Waals surface area contributed by atoms with Gasteiger partial charge < -0.3 is 0 Å². The van der Waals surface area contributed by atoms with Crippen LogP contribution in [0.2, 0.25) is 5.15 Å². The van der Waals surface area contributed by atoms with Crippen molar-refractivity contribution >= 4 is 34.2 Å². The minimum atomic E-state index is 0.352. The van der Waals surface area contributed by atoms with E-state index in [0.717, 1.165) is 3.57 Å². The second kappa shape index (κ2) is 3.17. The third-order valence-corrected chi connectivity index (χ3v) is 2.40. The maximum absolute atomic E-state index is 8.38. The van der Waals surface area contributed by atoms with Crippen LogP contribution < -0.4 is 0 Å². The van der Waals surface area contributed by atoms with E-state index in [0.29, 0.717) is 10.8 Å². The normalized spacial score (nSPS) is 8.90. The number of aromatic nitrogens is 1. The van der Waals surface area contributed by atoms with Gasteiger partial charge in [-0.3, -0.25) is 0 Å². The van der Waals surface area contributed by atoms with Crippen LogP contribution in [0.3, 0.4) is 0 Å². The minimum absolute atomic E-state index is 0.352. The summed E-state index contributed by atoms with van der Waals surface area (Å²) in [6.45, 7) is 0. The number of rotatable bonds is 0. The quantitative estimate of drug-likeness (QED) is 0.532. The van der Waals surface area contributed by atoms with Crippen LogP contribution in [0.5, 0.6) is 0 Å². The highest BCUT2D eigenvalue weighted by molar-refractivity contribution is 14.1. The molecule has 1 heterocycles. The van der Waals surface area contributed by atoms with Gasteiger partial charge in [-0.25, -0.2) is 4.98 Å². The molecule has 0 unspecified atom stereocenters. The summed E-state index contributed by atoms with van der Waals surface area (Å²) in [6, 6.07) is 5.29. The van der Waals surface area contributed by atoms with Crippen molar-refractivity contribution in [3.05, 3.63) is 26.5 Å². The van der Waals surface area contributed by atoms with Crippen molar-refractivity contribution in [2.45, 2.75) is 0 Å². The van der Waals surface area contributed by atoms with Crippen molar-refractivity contribution < 1.29 is 0 Å². The Hall–Kier alpha value is -0.340. The average molecular weight is 264 g/mol. The fourth-order valence-electron chi connectivity index (χ4n) is 0.480. The van der Waals surface area contributed by atoms with Crippen LogP contribution in [0.1, 0.15) is 5.69 Å². The van der Waals surface area contributed by atoms with Crippen molar-refractivity contribution in [2.24, 2.45) is 0 Å². The molecule has 0 radical (unpaired) electrons. The first-order chi connectivity index (χ1) is 4.74. The molecule has 0 saturated heterocycles. The molecule has 0 spiro atoms. The molecule has 1 aromatic rings. The molecule has 0 saturated carbocycles. The van der Waals surface area contributed by atoms with E-state index < -0.39 is 0 Å². The fraction of sp³-hybridized carbons (Fsp3) is 0. The number of hydrogen-bond donors (Lipinski definition) is 0. The predicted molar refractivity (Wildman–Crippen MR) is 46.7 cm³/mol. The zero-order valence-corrected chi connectivity index (χ0v) is 7.72. The molecule has 0 aromatic carbocycles. The van der Waals surface area contributed by atoms with Crippen LogP contribution in [0.15, 0.2) is 12.1 Å². The molecule has 2 nitrogen and oxygen atoms in total. The summed E-state index contributed by atoms with van der Waals surface area (Å²) >= 11 is 7.68. The Balaban J connectivity index is 3.20. The van der Waals surface area contributed by atoms with E-state index in [1.54, 1.807) is 12.1 Å². The lowest BCUT2D eigenvalue weighted by Gasteiger charge is -1.92. The van der Waals surface area contributed by atoms with E-state index in [1.807, 2.05) is 6.07 Å². The molecule has 0 aliphatic heterocycles. The van der Waals surface area contributed by atoms with Crippen molar-refractivity contribution in [2.75, 3.05) is 0 Å². The second-order valence-electron chi connectivity index (χ2n) is 1.58. The lowest BCUT2D eigenvalue weighted by atomic mass is 10.4. The van der Waals surface area contributed by atoms with Crippen molar-refractivity contribution in [3.8, 4) is 6.07 Å². The van der Waals surface area contributed by atoms with Crippen molar-refractivity contribution in [3.63, 3.8) is 0 Å². The molecular weight excluding hydrogens is 262 g/mol. The van der Waals surface area contributed by atoms with Crippen LogP contribution in [-0.4, -0.2) is 4.98 Å². The van der Waals surface area contributed by atoms with Crippen molar-refractivity contribution in [1.82, 2.24) is 4.98 Å². The molecule has 0 amide bonds. The van der Waals surface area contributed by atoms with Gasteiger partial charge in [-0.15, -0.1) is 0 Å². The smallest absolute Gasteiger partial charge is 0.143 e. The molecule has 0 aliphatic carbocycles. The van der Waals surface area contributed by atoms with E-state index >= 15 is 0 Å². The van der Waals surface area contributed by atoms with Gasteiger partial charge in [0.1, 0.15) is 16.9 Å². The fourth-order valence-corrected chi connectivity index (χ4v) is 0.934. The number of nitriles is 1. The average Bonchev–Trinajstić information content (AvgIpc) is 1.95. The Labute approximate surface area is 77.0 Å². The highest BCUT2D eigenvalue weighted by atomic mass is 127. The Bertz CT molecular complexity index is 292. The Morgan fingerprint density at radius 3 is 2.80 bits per heavy atom. The number of pyridine rings is 1. The number of hydrogen-bond acceptors (Lipinski definition) is 2. The Morgan fingerprint density at radius 2 is 2.30 bits per heavy atom. The van der Waals surface area contributed by atoms with Gasteiger partial charge in [0.15, 0.2) is 0 Å². The molecule has 10 heavy (non-hydrogen) atoms. The summed E-state index contributed by atoms with van der Waals surface area (Å²) in [7, 11) is 0. The number of halogens is 2. The van der Waals surface area contributed by atoms with Crippen LogP contribution in [0.25, 0.3) is 0 Å². The summed E-state index contributed by atoms with van der Waals surface area (Å²) in [5.74, 6) is 0. The van der Waals surface area contributed by atoms with Gasteiger partial charge >= 0.3 is 0 Å². The molecular formula is C6H2ClIN2. The van der Waals surface area contributed by atoms with Gasteiger partial charge in [0.2, 0.25) is 0 Å². The largest absolute Gasteiger partial charge is 0.224 e. The maximum atomic E-state index is 8.38. The van der Waals surface area contributed by atoms with Gasteiger partial charge in [-0.1, -0.05) is 11.6 Å². The number of nitrogens with zero attached hydrogens (tertiary/aromatic N) is 2. The predicted octanol–water partition coefficient (Wildman–Crippen LogP) is 2.21. The third kappa shape index (κ3) is 1.58. The molecule has 0 atom stereocenters. The first-order valence-corrected chi connectivity index (χ1v) is 3.92. The van der Waals surface area contributed by atoms with Crippen molar-refractivity contribution in [1.29, 1.82) is 5.26 Å². The standard InChI is InChI=1S/C6H2ClIN2/c7-6-5(8)2-1-4(3-9)10-6/h1-2H. The molecule has 1 rings (SSSR count). The van der Waals surface area contributed by atoms with Crippen LogP contribution in [0, 0.1) is 14.9 Å². The van der Waals surface area contributed by atoms with Crippen LogP contribution in [0.4, 0.5) is 0 Å². The highest BCUT2D eigenvalue weighted by Gasteiger charge is 1.97. The van der Waals surface area contributed by atoms with E-state index in [1.165, 1.54) is 0 Å². The maximum Gasteiger partial charge on any atom is 0.143 e. The molecule has 50 valence electrons. The highest BCUT2D eigenvalue weighted by Crippen LogP contribution is 2.14. The summed E-state index contributed by atoms with van der Waals surface area (Å²) in [4.78, 5) is 3.79. The van der Waals surface area contributed by atoms with E-state index in [2.05, 4.69) is 27.6 Å². The van der Waals surface area contributed by atoms with Gasteiger partial charge in [0.05, 0.1) is 3.57 Å². The Kier molecular flexibility index (Phi) is 2.46. The van der Waals surface area contributed by atoms with Gasteiger partial charge in [-0.2, -0.15) is 5.26 Å². The topological polar surface area (TPSA) is 36.7 Å². The monoisotopic (exact) mass is 264 g/mol. The first-order valence-electron chi connectivity index (χ1n) is 2.46.